The van der Waals surface area contributed by atoms with Crippen molar-refractivity contribution in [3.05, 3.63) is 5.21 Å². The molecule has 2 N–H and O–H groups in total. The molecule has 1 aliphatic carbocycles. The van der Waals surface area contributed by atoms with Gasteiger partial charge in [0.15, 0.2) is 0 Å². The Hall–Kier alpha value is -0.160. The van der Waals surface area contributed by atoms with E-state index in [0.29, 0.717) is 6.04 Å². The molecule has 1 unspecified atom stereocenters. The molecule has 0 spiro atoms. The summed E-state index contributed by atoms with van der Waals surface area (Å²) in [5.41, 5.74) is 0. The van der Waals surface area contributed by atoms with Gasteiger partial charge in [-0.2, -0.15) is 0 Å². The Morgan fingerprint density at radius 1 is 1.36 bits per heavy atom. The molecule has 0 heterocycles. The molecule has 1 aliphatic rings. The fourth-order valence-electron chi connectivity index (χ4n) is 1.85. The number of likely N-dealkylation sites (N-methyl/N-ethyl adjacent to an activating group) is 1. The van der Waals surface area contributed by atoms with Crippen molar-refractivity contribution in [3.63, 3.8) is 0 Å². The molecule has 0 aromatic rings. The topological polar surface area (TPSA) is 58.6 Å². The van der Waals surface area contributed by atoms with E-state index in [2.05, 4.69) is 5.32 Å². The van der Waals surface area contributed by atoms with Crippen molar-refractivity contribution >= 4 is 0 Å². The third-order valence-corrected chi connectivity index (χ3v) is 3.04. The summed E-state index contributed by atoms with van der Waals surface area (Å²) in [4.78, 5) is 0. The van der Waals surface area contributed by atoms with Gasteiger partial charge >= 0.3 is 0 Å². The summed E-state index contributed by atoms with van der Waals surface area (Å²) in [5, 5.41) is 24.5. The summed E-state index contributed by atoms with van der Waals surface area (Å²) >= 11 is 0. The fourth-order valence-corrected chi connectivity index (χ4v) is 1.85. The number of aliphatic hydroxyl groups excluding tert-OH is 1. The lowest BCUT2D eigenvalue weighted by atomic mass is 9.95. The smallest absolute Gasteiger partial charge is 0.119 e. The molecule has 1 fully saturated rings. The number of hydrogen-bond acceptors (Lipinski definition) is 4. The standard InChI is InChI=1S/C10H21N2O2/c1-8(12(2)14)10(13)11-9-6-4-3-5-7-9/h8-11,13H,3-7H2,1-2H3/q-1/t8-,10?/m1/s1. The lowest BCUT2D eigenvalue weighted by Crippen LogP contribution is -2.49. The summed E-state index contributed by atoms with van der Waals surface area (Å²) in [6.45, 7) is 1.73. The highest BCUT2D eigenvalue weighted by Gasteiger charge is 2.19. The molecule has 0 bridgehead atoms. The van der Waals surface area contributed by atoms with E-state index in [1.165, 1.54) is 26.3 Å². The zero-order chi connectivity index (χ0) is 10.6. The Balaban J connectivity index is 2.27. The Bertz CT molecular complexity index is 158. The first kappa shape index (κ1) is 11.9. The first-order valence-corrected chi connectivity index (χ1v) is 5.45. The molecular weight excluding hydrogens is 180 g/mol. The Morgan fingerprint density at radius 2 is 1.93 bits per heavy atom. The molecule has 0 aromatic heterocycles. The van der Waals surface area contributed by atoms with Crippen molar-refractivity contribution in [2.45, 2.75) is 57.3 Å². The van der Waals surface area contributed by atoms with E-state index in [9.17, 15) is 10.3 Å². The second kappa shape index (κ2) is 5.66. The monoisotopic (exact) mass is 201 g/mol. The number of aliphatic hydroxyl groups is 1. The van der Waals surface area contributed by atoms with Crippen molar-refractivity contribution in [2.75, 3.05) is 7.05 Å². The van der Waals surface area contributed by atoms with Gasteiger partial charge in [0.1, 0.15) is 6.23 Å². The molecule has 1 rings (SSSR count). The van der Waals surface area contributed by atoms with E-state index in [1.54, 1.807) is 6.92 Å². The largest absolute Gasteiger partial charge is 0.785 e. The predicted molar refractivity (Wildman–Crippen MR) is 56.6 cm³/mol. The molecular formula is C10H21N2O2-. The first-order valence-electron chi connectivity index (χ1n) is 5.45. The van der Waals surface area contributed by atoms with Gasteiger partial charge in [-0.05, 0) is 26.8 Å². The van der Waals surface area contributed by atoms with Gasteiger partial charge < -0.3 is 15.4 Å². The third-order valence-electron chi connectivity index (χ3n) is 3.04. The highest BCUT2D eigenvalue weighted by molar-refractivity contribution is 4.78. The average molecular weight is 201 g/mol. The summed E-state index contributed by atoms with van der Waals surface area (Å²) in [6, 6.07) is 0.0121. The second-order valence-electron chi connectivity index (χ2n) is 4.23. The van der Waals surface area contributed by atoms with Crippen LogP contribution in [0.5, 0.6) is 0 Å². The van der Waals surface area contributed by atoms with E-state index < -0.39 is 6.23 Å². The average Bonchev–Trinajstić information content (AvgIpc) is 2.18. The van der Waals surface area contributed by atoms with E-state index >= 15 is 0 Å². The molecule has 4 nitrogen and oxygen atoms in total. The third kappa shape index (κ3) is 3.53. The van der Waals surface area contributed by atoms with Crippen molar-refractivity contribution in [2.24, 2.45) is 0 Å². The number of hydroxylamine groups is 2. The van der Waals surface area contributed by atoms with Crippen molar-refractivity contribution < 1.29 is 5.11 Å². The molecule has 1 saturated carbocycles. The van der Waals surface area contributed by atoms with Crippen LogP contribution >= 0.6 is 0 Å². The van der Waals surface area contributed by atoms with E-state index in [4.69, 9.17) is 0 Å². The summed E-state index contributed by atoms with van der Waals surface area (Å²) in [7, 11) is 1.44. The van der Waals surface area contributed by atoms with Crippen molar-refractivity contribution in [1.29, 1.82) is 0 Å². The molecule has 14 heavy (non-hydrogen) atoms. The van der Waals surface area contributed by atoms with E-state index in [-0.39, 0.29) is 6.04 Å². The molecule has 0 aliphatic heterocycles. The quantitative estimate of drug-likeness (QED) is 0.527. The minimum absolute atomic E-state index is 0.378. The van der Waals surface area contributed by atoms with Gasteiger partial charge in [-0.1, -0.05) is 19.3 Å². The van der Waals surface area contributed by atoms with Crippen LogP contribution < -0.4 is 5.32 Å². The lowest BCUT2D eigenvalue weighted by molar-refractivity contribution is 0.0500. The molecule has 4 heteroatoms. The van der Waals surface area contributed by atoms with Crippen LogP contribution in [0.3, 0.4) is 0 Å². The molecule has 0 saturated heterocycles. The van der Waals surface area contributed by atoms with Crippen LogP contribution in [0, 0.1) is 5.21 Å². The van der Waals surface area contributed by atoms with Gasteiger partial charge in [-0.25, -0.2) is 0 Å². The van der Waals surface area contributed by atoms with Gasteiger partial charge in [0.2, 0.25) is 0 Å². The zero-order valence-corrected chi connectivity index (χ0v) is 9.07. The number of nitrogens with zero attached hydrogens (tertiary/aromatic N) is 1. The van der Waals surface area contributed by atoms with Crippen LogP contribution in [0.2, 0.25) is 0 Å². The Labute approximate surface area is 85.9 Å². The van der Waals surface area contributed by atoms with Crippen LogP contribution in [-0.4, -0.2) is 35.5 Å². The van der Waals surface area contributed by atoms with Gasteiger partial charge in [0.25, 0.3) is 0 Å². The first-order chi connectivity index (χ1) is 6.61. The van der Waals surface area contributed by atoms with Gasteiger partial charge in [0, 0.05) is 12.1 Å². The lowest BCUT2D eigenvalue weighted by Gasteiger charge is -2.36. The van der Waals surface area contributed by atoms with Crippen molar-refractivity contribution in [3.8, 4) is 0 Å². The molecule has 0 radical (unpaired) electrons. The van der Waals surface area contributed by atoms with E-state index in [1.807, 2.05) is 0 Å². The summed E-state index contributed by atoms with van der Waals surface area (Å²) in [6.07, 6.45) is 5.28. The zero-order valence-electron chi connectivity index (χ0n) is 9.07. The second-order valence-corrected chi connectivity index (χ2v) is 4.23. The van der Waals surface area contributed by atoms with Crippen molar-refractivity contribution in [1.82, 2.24) is 10.4 Å². The van der Waals surface area contributed by atoms with Gasteiger partial charge in [0.05, 0.1) is 0 Å². The van der Waals surface area contributed by atoms with Crippen LogP contribution in [0.1, 0.15) is 39.0 Å². The van der Waals surface area contributed by atoms with Crippen LogP contribution in [0.25, 0.3) is 0 Å². The maximum absolute atomic E-state index is 10.9. The molecule has 0 aromatic carbocycles. The summed E-state index contributed by atoms with van der Waals surface area (Å²) < 4.78 is 0. The van der Waals surface area contributed by atoms with Gasteiger partial charge in [-0.3, -0.25) is 5.32 Å². The molecule has 84 valence electrons. The highest BCUT2D eigenvalue weighted by Crippen LogP contribution is 2.18. The molecule has 2 atom stereocenters. The molecule has 0 amide bonds. The normalized spacial score (nSPS) is 23.8. The Kier molecular flexibility index (Phi) is 4.81. The highest BCUT2D eigenvalue weighted by atomic mass is 16.5. The van der Waals surface area contributed by atoms with Crippen LogP contribution in [0.15, 0.2) is 0 Å². The summed E-state index contributed by atoms with van der Waals surface area (Å²) in [5.74, 6) is 0. The predicted octanol–water partition coefficient (Wildman–Crippen LogP) is 1.05. The fraction of sp³-hybridized carbons (Fsp3) is 1.00. The minimum Gasteiger partial charge on any atom is -0.785 e. The number of nitrogens with one attached hydrogen (secondary N) is 1. The Morgan fingerprint density at radius 3 is 2.43 bits per heavy atom. The van der Waals surface area contributed by atoms with Crippen LogP contribution in [-0.2, 0) is 0 Å². The van der Waals surface area contributed by atoms with E-state index in [0.717, 1.165) is 17.9 Å². The van der Waals surface area contributed by atoms with Gasteiger partial charge in [-0.15, -0.1) is 0 Å². The SMILES string of the molecule is C[C@H](C(O)NC1CCCCC1)N(C)[O-]. The number of hydrogen-bond donors (Lipinski definition) is 2. The maximum Gasteiger partial charge on any atom is 0.119 e. The minimum atomic E-state index is -0.708. The number of rotatable bonds is 4. The van der Waals surface area contributed by atoms with Crippen LogP contribution in [0.4, 0.5) is 0 Å². The maximum atomic E-state index is 10.9.